The van der Waals surface area contributed by atoms with Crippen molar-refractivity contribution in [3.8, 4) is 0 Å². The van der Waals surface area contributed by atoms with Crippen LogP contribution in [0.25, 0.3) is 0 Å². The lowest BCUT2D eigenvalue weighted by atomic mass is 10.4. The molecule has 0 spiro atoms. The van der Waals surface area contributed by atoms with E-state index < -0.39 is 21.9 Å². The molecule has 0 aliphatic rings. The quantitative estimate of drug-likeness (QED) is 0.328. The Morgan fingerprint density at radius 2 is 2.04 bits per heavy atom. The lowest BCUT2D eigenvalue weighted by molar-refractivity contribution is -0.140. The average molecular weight is 401 g/mol. The number of nitrogens with zero attached hydrogens (tertiary/aromatic N) is 2. The Morgan fingerprint density at radius 3 is 2.60 bits per heavy atom. The van der Waals surface area contributed by atoms with Gasteiger partial charge in [-0.25, -0.2) is 18.1 Å². The van der Waals surface area contributed by atoms with Crippen LogP contribution < -0.4 is 15.4 Å². The highest BCUT2D eigenvalue weighted by atomic mass is 32.2. The number of alkyl halides is 3. The largest absolute Gasteiger partial charge is 0.434 e. The van der Waals surface area contributed by atoms with Crippen molar-refractivity contribution in [2.45, 2.75) is 25.9 Å². The molecule has 12 heteroatoms. The number of thiazole rings is 1. The minimum Gasteiger partial charge on any atom is -0.357 e. The molecule has 0 saturated carbocycles. The summed E-state index contributed by atoms with van der Waals surface area (Å²) in [6.45, 7) is 3.61. The SMILES string of the molecule is CCNC(=NCCCNS(C)(=O)=O)NCCc1nc(C(F)(F)F)cs1. The van der Waals surface area contributed by atoms with Gasteiger partial charge in [-0.1, -0.05) is 0 Å². The fraction of sp³-hybridized carbons (Fsp3) is 0.692. The third-order valence-corrected chi connectivity index (χ3v) is 4.42. The maximum absolute atomic E-state index is 12.5. The van der Waals surface area contributed by atoms with E-state index in [2.05, 4.69) is 25.3 Å². The van der Waals surface area contributed by atoms with E-state index in [-0.39, 0.29) is 0 Å². The maximum atomic E-state index is 12.5. The van der Waals surface area contributed by atoms with Gasteiger partial charge in [-0.2, -0.15) is 13.2 Å². The lowest BCUT2D eigenvalue weighted by Gasteiger charge is -2.10. The molecular formula is C13H22F3N5O2S2. The van der Waals surface area contributed by atoms with E-state index in [9.17, 15) is 21.6 Å². The Labute approximate surface area is 149 Å². The van der Waals surface area contributed by atoms with Gasteiger partial charge in [-0.05, 0) is 13.3 Å². The molecule has 0 unspecified atom stereocenters. The molecule has 25 heavy (non-hydrogen) atoms. The highest BCUT2D eigenvalue weighted by Gasteiger charge is 2.33. The Balaban J connectivity index is 2.39. The zero-order valence-electron chi connectivity index (χ0n) is 14.0. The molecule has 1 rings (SSSR count). The van der Waals surface area contributed by atoms with Crippen LogP contribution in [0.2, 0.25) is 0 Å². The third kappa shape index (κ3) is 9.60. The van der Waals surface area contributed by atoms with Crippen LogP contribution in [0.4, 0.5) is 13.2 Å². The molecule has 1 heterocycles. The van der Waals surface area contributed by atoms with Crippen molar-refractivity contribution in [3.63, 3.8) is 0 Å². The van der Waals surface area contributed by atoms with E-state index in [0.29, 0.717) is 50.0 Å². The number of hydrogen-bond donors (Lipinski definition) is 3. The van der Waals surface area contributed by atoms with Gasteiger partial charge in [0.15, 0.2) is 11.7 Å². The fourth-order valence-corrected chi connectivity index (χ4v) is 3.03. The molecule has 3 N–H and O–H groups in total. The van der Waals surface area contributed by atoms with Crippen LogP contribution in [0.1, 0.15) is 24.0 Å². The van der Waals surface area contributed by atoms with E-state index in [0.717, 1.165) is 23.0 Å². The van der Waals surface area contributed by atoms with Crippen LogP contribution in [0.15, 0.2) is 10.4 Å². The third-order valence-electron chi connectivity index (χ3n) is 2.79. The van der Waals surface area contributed by atoms with Gasteiger partial charge in [0.25, 0.3) is 0 Å². The van der Waals surface area contributed by atoms with Crippen molar-refractivity contribution >= 4 is 27.3 Å². The summed E-state index contributed by atoms with van der Waals surface area (Å²) in [6, 6.07) is 0. The van der Waals surface area contributed by atoms with Gasteiger partial charge < -0.3 is 10.6 Å². The molecule has 1 aromatic rings. The summed E-state index contributed by atoms with van der Waals surface area (Å²) in [5.74, 6) is 0.523. The first-order valence-corrected chi connectivity index (χ1v) is 10.4. The minimum absolute atomic E-state index is 0.293. The van der Waals surface area contributed by atoms with Gasteiger partial charge in [-0.3, -0.25) is 4.99 Å². The summed E-state index contributed by atoms with van der Waals surface area (Å²) in [6.07, 6.45) is -2.45. The second-order valence-corrected chi connectivity index (χ2v) is 7.86. The van der Waals surface area contributed by atoms with E-state index in [1.54, 1.807) is 0 Å². The number of hydrogen-bond acceptors (Lipinski definition) is 5. The summed E-state index contributed by atoms with van der Waals surface area (Å²) >= 11 is 0.972. The van der Waals surface area contributed by atoms with Gasteiger partial charge in [0, 0.05) is 38.0 Å². The summed E-state index contributed by atoms with van der Waals surface area (Å²) in [4.78, 5) is 7.83. The Kier molecular flexibility index (Phi) is 8.59. The van der Waals surface area contributed by atoms with E-state index >= 15 is 0 Å². The topological polar surface area (TPSA) is 95.5 Å². The van der Waals surface area contributed by atoms with Crippen LogP contribution in [0, 0.1) is 0 Å². The van der Waals surface area contributed by atoms with Gasteiger partial charge in [0.05, 0.1) is 11.3 Å². The number of sulfonamides is 1. The standard InChI is InChI=1S/C13H22F3N5O2S2/c1-3-17-12(18-6-4-7-20-25(2,22)23)19-8-5-11-21-10(9-24-11)13(14,15)16/h9,20H,3-8H2,1-2H3,(H2,17,18,19). The van der Waals surface area contributed by atoms with Crippen LogP contribution in [0.3, 0.4) is 0 Å². The Hall–Kier alpha value is -1.40. The highest BCUT2D eigenvalue weighted by molar-refractivity contribution is 7.88. The van der Waals surface area contributed by atoms with Crippen LogP contribution >= 0.6 is 11.3 Å². The van der Waals surface area contributed by atoms with Crippen LogP contribution in [-0.2, 0) is 22.6 Å². The molecule has 0 amide bonds. The zero-order chi connectivity index (χ0) is 18.9. The predicted octanol–water partition coefficient (Wildman–Crippen LogP) is 1.20. The van der Waals surface area contributed by atoms with Crippen molar-refractivity contribution in [1.29, 1.82) is 0 Å². The van der Waals surface area contributed by atoms with Crippen molar-refractivity contribution < 1.29 is 21.6 Å². The van der Waals surface area contributed by atoms with E-state index in [1.165, 1.54) is 0 Å². The second-order valence-electron chi connectivity index (χ2n) is 5.08. The predicted molar refractivity (Wildman–Crippen MR) is 92.3 cm³/mol. The number of aromatic nitrogens is 1. The molecule has 0 aliphatic carbocycles. The summed E-state index contributed by atoms with van der Waals surface area (Å²) in [5, 5.41) is 7.42. The van der Waals surface area contributed by atoms with Crippen LogP contribution in [0.5, 0.6) is 0 Å². The number of halogens is 3. The number of nitrogens with one attached hydrogen (secondary N) is 3. The average Bonchev–Trinajstić information content (AvgIpc) is 2.94. The molecule has 1 aromatic heterocycles. The van der Waals surface area contributed by atoms with Gasteiger partial charge >= 0.3 is 6.18 Å². The summed E-state index contributed by atoms with van der Waals surface area (Å²) in [7, 11) is -3.20. The van der Waals surface area contributed by atoms with Crippen molar-refractivity contribution in [3.05, 3.63) is 16.1 Å². The Bertz CT molecular complexity index is 659. The van der Waals surface area contributed by atoms with Crippen molar-refractivity contribution in [2.24, 2.45) is 4.99 Å². The van der Waals surface area contributed by atoms with Gasteiger partial charge in [0.1, 0.15) is 0 Å². The normalized spacial score (nSPS) is 13.1. The van der Waals surface area contributed by atoms with Gasteiger partial charge in [-0.15, -0.1) is 11.3 Å². The van der Waals surface area contributed by atoms with E-state index in [1.807, 2.05) is 6.92 Å². The monoisotopic (exact) mass is 401 g/mol. The molecule has 0 atom stereocenters. The number of aliphatic imine (C=N–C) groups is 1. The van der Waals surface area contributed by atoms with Crippen LogP contribution in [-0.4, -0.2) is 51.8 Å². The van der Waals surface area contributed by atoms with Crippen molar-refractivity contribution in [2.75, 3.05) is 32.4 Å². The first-order valence-electron chi connectivity index (χ1n) is 7.60. The summed E-state index contributed by atoms with van der Waals surface area (Å²) in [5.41, 5.74) is -0.869. The molecule has 144 valence electrons. The first-order chi connectivity index (χ1) is 11.6. The van der Waals surface area contributed by atoms with E-state index in [4.69, 9.17) is 0 Å². The fourth-order valence-electron chi connectivity index (χ4n) is 1.71. The molecule has 0 aliphatic heterocycles. The molecule has 0 saturated heterocycles. The smallest absolute Gasteiger partial charge is 0.357 e. The number of guanidine groups is 1. The minimum atomic E-state index is -4.42. The Morgan fingerprint density at radius 1 is 1.32 bits per heavy atom. The molecular weight excluding hydrogens is 379 g/mol. The molecule has 0 radical (unpaired) electrons. The molecule has 0 bridgehead atoms. The van der Waals surface area contributed by atoms with Crippen molar-refractivity contribution in [1.82, 2.24) is 20.3 Å². The lowest BCUT2D eigenvalue weighted by Crippen LogP contribution is -2.38. The molecule has 7 nitrogen and oxygen atoms in total. The van der Waals surface area contributed by atoms with Gasteiger partial charge in [0.2, 0.25) is 10.0 Å². The summed E-state index contributed by atoms with van der Waals surface area (Å²) < 4.78 is 61.7. The first kappa shape index (κ1) is 21.6. The highest BCUT2D eigenvalue weighted by Crippen LogP contribution is 2.29. The second kappa shape index (κ2) is 9.92. The zero-order valence-corrected chi connectivity index (χ0v) is 15.6. The molecule has 0 aromatic carbocycles. The molecule has 0 fully saturated rings. The maximum Gasteiger partial charge on any atom is 0.434 e. The number of rotatable bonds is 9.